The Morgan fingerprint density at radius 1 is 1.54 bits per heavy atom. The number of carboxylic acids is 1. The molecule has 0 atom stereocenters. The van der Waals surface area contributed by atoms with E-state index in [1.807, 2.05) is 14.1 Å². The quantitative estimate of drug-likeness (QED) is 0.439. The van der Waals surface area contributed by atoms with Gasteiger partial charge in [0.2, 0.25) is 0 Å². The third-order valence-electron chi connectivity index (χ3n) is 1.66. The Kier molecular flexibility index (Phi) is 6.63. The van der Waals surface area contributed by atoms with E-state index in [2.05, 4.69) is 0 Å². The second-order valence-corrected chi connectivity index (χ2v) is 3.58. The molecule has 0 aliphatic heterocycles. The lowest BCUT2D eigenvalue weighted by Crippen LogP contribution is -3.05. The van der Waals surface area contributed by atoms with Crippen LogP contribution in [-0.2, 0) is 4.79 Å². The number of hydrogen-bond acceptors (Lipinski definition) is 2. The predicted molar refractivity (Wildman–Crippen MR) is 50.7 cm³/mol. The molecule has 0 saturated heterocycles. The maximum absolute atomic E-state index is 10.6. The number of carboxylic acid groups (broad SMARTS) is 1. The first-order valence-electron chi connectivity index (χ1n) is 4.33. The van der Waals surface area contributed by atoms with Crippen molar-refractivity contribution in [3.8, 4) is 0 Å². The van der Waals surface area contributed by atoms with Crippen LogP contribution >= 0.6 is 11.6 Å². The van der Waals surface area contributed by atoms with Crippen molar-refractivity contribution in [3.63, 3.8) is 0 Å². The van der Waals surface area contributed by atoms with Crippen LogP contribution in [0.4, 0.5) is 0 Å². The van der Waals surface area contributed by atoms with Crippen molar-refractivity contribution in [2.24, 2.45) is 0 Å². The van der Waals surface area contributed by atoms with Crippen molar-refractivity contribution >= 4 is 17.6 Å². The smallest absolute Gasteiger partial charge is 0.0808 e. The number of allylic oxidation sites excluding steroid dienone is 1. The fourth-order valence-corrected chi connectivity index (χ4v) is 1.01. The molecule has 1 N–H and O–H groups in total. The van der Waals surface area contributed by atoms with Gasteiger partial charge < -0.3 is 14.8 Å². The van der Waals surface area contributed by atoms with Gasteiger partial charge in [0.1, 0.15) is 0 Å². The highest BCUT2D eigenvalue weighted by Crippen LogP contribution is 2.00. The third-order valence-corrected chi connectivity index (χ3v) is 1.87. The van der Waals surface area contributed by atoms with Gasteiger partial charge in [0.15, 0.2) is 0 Å². The lowest BCUT2D eigenvalue weighted by molar-refractivity contribution is -0.857. The van der Waals surface area contributed by atoms with Crippen LogP contribution in [0.15, 0.2) is 11.6 Å². The first-order chi connectivity index (χ1) is 6.07. The zero-order valence-corrected chi connectivity index (χ0v) is 8.86. The molecule has 0 aromatic carbocycles. The Hall–Kier alpha value is -0.540. The molecule has 0 unspecified atom stereocenters. The van der Waals surface area contributed by atoms with Crippen molar-refractivity contribution in [1.29, 1.82) is 0 Å². The molecule has 0 amide bonds. The molecule has 0 radical (unpaired) electrons. The molecule has 0 fully saturated rings. The van der Waals surface area contributed by atoms with Gasteiger partial charge in [-0.15, -0.1) is 11.6 Å². The number of hydrogen-bond donors (Lipinski definition) is 1. The molecule has 0 rings (SSSR count). The summed E-state index contributed by atoms with van der Waals surface area (Å²) in [6.45, 7) is 0.794. The van der Waals surface area contributed by atoms with E-state index in [0.29, 0.717) is 24.3 Å². The number of aliphatic carboxylic acids is 1. The summed E-state index contributed by atoms with van der Waals surface area (Å²) in [6.07, 6.45) is 2.78. The molecule has 4 heteroatoms. The van der Waals surface area contributed by atoms with Gasteiger partial charge >= 0.3 is 0 Å². The van der Waals surface area contributed by atoms with Crippen molar-refractivity contribution in [1.82, 2.24) is 0 Å². The number of halogens is 1. The number of quaternary nitrogens is 1. The van der Waals surface area contributed by atoms with E-state index in [0.717, 1.165) is 6.54 Å². The van der Waals surface area contributed by atoms with Crippen LogP contribution in [0.5, 0.6) is 0 Å². The van der Waals surface area contributed by atoms with Crippen molar-refractivity contribution < 1.29 is 14.8 Å². The van der Waals surface area contributed by atoms with E-state index >= 15 is 0 Å². The minimum atomic E-state index is -1.08. The predicted octanol–water partition coefficient (Wildman–Crippen LogP) is -1.17. The summed E-state index contributed by atoms with van der Waals surface area (Å²) in [5.41, 5.74) is 0.363. The minimum absolute atomic E-state index is 0.363. The van der Waals surface area contributed by atoms with Gasteiger partial charge in [-0.2, -0.15) is 0 Å². The molecular weight excluding hydrogens is 190 g/mol. The summed E-state index contributed by atoms with van der Waals surface area (Å²) in [5.74, 6) is -0.627. The molecule has 0 aromatic rings. The molecule has 0 spiro atoms. The summed E-state index contributed by atoms with van der Waals surface area (Å²) in [7, 11) is 3.96. The zero-order valence-electron chi connectivity index (χ0n) is 8.10. The van der Waals surface area contributed by atoms with E-state index in [1.165, 1.54) is 4.90 Å². The molecule has 0 bridgehead atoms. The first-order valence-corrected chi connectivity index (χ1v) is 4.86. The highest BCUT2D eigenvalue weighted by atomic mass is 35.5. The van der Waals surface area contributed by atoms with Gasteiger partial charge in [0, 0.05) is 12.3 Å². The Morgan fingerprint density at radius 2 is 2.15 bits per heavy atom. The van der Waals surface area contributed by atoms with Crippen LogP contribution in [0.3, 0.4) is 0 Å². The van der Waals surface area contributed by atoms with Crippen LogP contribution in [0.1, 0.15) is 12.8 Å². The van der Waals surface area contributed by atoms with Gasteiger partial charge in [-0.05, 0) is 12.0 Å². The number of carbonyl (C=O) groups is 1. The Labute approximate surface area is 84.0 Å². The van der Waals surface area contributed by atoms with Crippen LogP contribution < -0.4 is 10.0 Å². The van der Waals surface area contributed by atoms with E-state index < -0.39 is 5.97 Å². The van der Waals surface area contributed by atoms with E-state index in [4.69, 9.17) is 11.6 Å². The normalized spacial score (nSPS) is 12.2. The summed E-state index contributed by atoms with van der Waals surface area (Å²) in [5, 5.41) is 10.6. The maximum Gasteiger partial charge on any atom is 0.0808 e. The highest BCUT2D eigenvalue weighted by molar-refractivity contribution is 6.17. The molecule has 13 heavy (non-hydrogen) atoms. The summed E-state index contributed by atoms with van der Waals surface area (Å²) >= 11 is 5.45. The van der Waals surface area contributed by atoms with E-state index in [1.54, 1.807) is 6.08 Å². The van der Waals surface area contributed by atoms with Crippen molar-refractivity contribution in [2.45, 2.75) is 12.8 Å². The zero-order chi connectivity index (χ0) is 10.3. The number of alkyl halides is 1. The average molecular weight is 206 g/mol. The SMILES string of the molecule is C[NH+](C)CCC(=CCCCl)C(=O)[O-]. The van der Waals surface area contributed by atoms with Crippen LogP contribution in [0, 0.1) is 0 Å². The third kappa shape index (κ3) is 6.61. The fourth-order valence-electron chi connectivity index (χ4n) is 0.901. The molecule has 76 valence electrons. The highest BCUT2D eigenvalue weighted by Gasteiger charge is 2.01. The van der Waals surface area contributed by atoms with Crippen molar-refractivity contribution in [3.05, 3.63) is 11.6 Å². The fraction of sp³-hybridized carbons (Fsp3) is 0.667. The summed E-state index contributed by atoms with van der Waals surface area (Å²) in [6, 6.07) is 0. The average Bonchev–Trinajstić information content (AvgIpc) is 2.03. The molecule has 0 heterocycles. The summed E-state index contributed by atoms with van der Waals surface area (Å²) in [4.78, 5) is 11.8. The van der Waals surface area contributed by atoms with Crippen LogP contribution in [0.2, 0.25) is 0 Å². The number of nitrogens with one attached hydrogen (secondary N) is 1. The van der Waals surface area contributed by atoms with Gasteiger partial charge in [0.25, 0.3) is 0 Å². The topological polar surface area (TPSA) is 44.6 Å². The monoisotopic (exact) mass is 205 g/mol. The molecule has 0 aromatic heterocycles. The Morgan fingerprint density at radius 3 is 2.54 bits per heavy atom. The molecule has 0 saturated carbocycles. The second kappa shape index (κ2) is 6.92. The van der Waals surface area contributed by atoms with Crippen molar-refractivity contribution in [2.75, 3.05) is 26.5 Å². The Bertz CT molecular complexity index is 190. The molecule has 0 aliphatic rings. The summed E-state index contributed by atoms with van der Waals surface area (Å²) < 4.78 is 0. The minimum Gasteiger partial charge on any atom is -0.545 e. The molecule has 0 aliphatic carbocycles. The molecule has 3 nitrogen and oxygen atoms in total. The second-order valence-electron chi connectivity index (χ2n) is 3.20. The van der Waals surface area contributed by atoms with Crippen LogP contribution in [0.25, 0.3) is 0 Å². The maximum atomic E-state index is 10.6. The van der Waals surface area contributed by atoms with Gasteiger partial charge in [-0.3, -0.25) is 0 Å². The largest absolute Gasteiger partial charge is 0.545 e. The standard InChI is InChI=1S/C9H16ClNO2/c1-11(2)7-5-8(9(12)13)4-3-6-10/h4H,3,5-7H2,1-2H3,(H,12,13). The lowest BCUT2D eigenvalue weighted by Gasteiger charge is -2.10. The van der Waals surface area contributed by atoms with Gasteiger partial charge in [0.05, 0.1) is 26.6 Å². The first kappa shape index (κ1) is 12.5. The molecular formula is C9H16ClNO2. The van der Waals surface area contributed by atoms with Crippen LogP contribution in [-0.4, -0.2) is 32.5 Å². The van der Waals surface area contributed by atoms with E-state index in [-0.39, 0.29) is 0 Å². The van der Waals surface area contributed by atoms with Gasteiger partial charge in [-0.25, -0.2) is 0 Å². The number of rotatable bonds is 6. The lowest BCUT2D eigenvalue weighted by atomic mass is 10.1. The van der Waals surface area contributed by atoms with E-state index in [9.17, 15) is 9.90 Å². The Balaban J connectivity index is 4.02. The van der Waals surface area contributed by atoms with Gasteiger partial charge in [-0.1, -0.05) is 6.08 Å². The number of carbonyl (C=O) groups excluding carboxylic acids is 1.